The Kier molecular flexibility index (Phi) is 5.95. The number of benzene rings is 1. The lowest BCUT2D eigenvalue weighted by Gasteiger charge is -2.38. The summed E-state index contributed by atoms with van der Waals surface area (Å²) in [6.45, 7) is 4.95. The lowest BCUT2D eigenvalue weighted by atomic mass is 9.92. The number of halogens is 1. The summed E-state index contributed by atoms with van der Waals surface area (Å²) in [6.07, 6.45) is 5.70. The summed E-state index contributed by atoms with van der Waals surface area (Å²) in [5.74, 6) is 0.113. The molecule has 0 bridgehead atoms. The lowest BCUT2D eigenvalue weighted by Crippen LogP contribution is -2.51. The van der Waals surface area contributed by atoms with Crippen molar-refractivity contribution in [3.63, 3.8) is 0 Å². The summed E-state index contributed by atoms with van der Waals surface area (Å²) < 4.78 is 0. The molecule has 1 N–H and O–H groups in total. The van der Waals surface area contributed by atoms with E-state index >= 15 is 0 Å². The first-order chi connectivity index (χ1) is 16.4. The number of amides is 2. The Bertz CT molecular complexity index is 1350. The minimum Gasteiger partial charge on any atom is -0.366 e. The van der Waals surface area contributed by atoms with Gasteiger partial charge < -0.3 is 19.7 Å². The third-order valence-electron chi connectivity index (χ3n) is 6.43. The zero-order chi connectivity index (χ0) is 23.8. The maximum atomic E-state index is 12.4. The number of hydrogen-bond donors (Lipinski definition) is 1. The number of aromatic nitrogens is 5. The second-order valence-electron chi connectivity index (χ2n) is 8.87. The van der Waals surface area contributed by atoms with E-state index in [0.29, 0.717) is 30.2 Å². The molecule has 1 atom stereocenters. The first-order valence-corrected chi connectivity index (χ1v) is 11.7. The molecule has 176 valence electrons. The SMILES string of the molecule is CC(Cc1ncnc2nc[nH]c12)c1cc(Cl)c2cccnc2c1N1CCN(C(=O)N(C)C)CC1. The molecule has 1 unspecified atom stereocenters. The second kappa shape index (κ2) is 9.06. The van der Waals surface area contributed by atoms with E-state index in [9.17, 15) is 4.79 Å². The number of nitrogens with one attached hydrogen (secondary N) is 1. The van der Waals surface area contributed by atoms with Gasteiger partial charge in [0.05, 0.1) is 28.2 Å². The Morgan fingerprint density at radius 1 is 1.18 bits per heavy atom. The van der Waals surface area contributed by atoms with Crippen molar-refractivity contribution in [2.75, 3.05) is 45.2 Å². The van der Waals surface area contributed by atoms with Gasteiger partial charge in [0.25, 0.3) is 0 Å². The van der Waals surface area contributed by atoms with E-state index in [4.69, 9.17) is 16.6 Å². The standard InChI is InChI=1S/C24H27ClN8O/c1-15(11-19-21-23(29-13-27-19)30-14-28-21)17-12-18(25)16-5-4-6-26-20(16)22(17)32-7-9-33(10-8-32)24(34)31(2)3/h4-6,12-15H,7-11H2,1-3H3,(H,27,28,29,30). The Morgan fingerprint density at radius 3 is 2.74 bits per heavy atom. The maximum Gasteiger partial charge on any atom is 0.319 e. The van der Waals surface area contributed by atoms with Crippen LogP contribution in [0, 0.1) is 0 Å². The zero-order valence-electron chi connectivity index (χ0n) is 19.5. The van der Waals surface area contributed by atoms with Crippen molar-refractivity contribution in [1.29, 1.82) is 0 Å². The number of H-pyrrole nitrogens is 1. The Labute approximate surface area is 202 Å². The van der Waals surface area contributed by atoms with Gasteiger partial charge >= 0.3 is 6.03 Å². The third kappa shape index (κ3) is 4.00. The largest absolute Gasteiger partial charge is 0.366 e. The predicted molar refractivity (Wildman–Crippen MR) is 133 cm³/mol. The van der Waals surface area contributed by atoms with Gasteiger partial charge in [0.1, 0.15) is 11.8 Å². The van der Waals surface area contributed by atoms with Crippen LogP contribution in [0.25, 0.3) is 22.1 Å². The van der Waals surface area contributed by atoms with E-state index in [2.05, 4.69) is 37.8 Å². The molecule has 1 aliphatic rings. The van der Waals surface area contributed by atoms with Gasteiger partial charge in [0.15, 0.2) is 5.65 Å². The van der Waals surface area contributed by atoms with Crippen LogP contribution in [0.2, 0.25) is 5.02 Å². The summed E-state index contributed by atoms with van der Waals surface area (Å²) in [5, 5.41) is 1.62. The molecule has 5 rings (SSSR count). The minimum atomic E-state index is 0.0414. The second-order valence-corrected chi connectivity index (χ2v) is 9.28. The van der Waals surface area contributed by atoms with Crippen LogP contribution < -0.4 is 4.90 Å². The first kappa shape index (κ1) is 22.3. The smallest absolute Gasteiger partial charge is 0.319 e. The van der Waals surface area contributed by atoms with Gasteiger partial charge in [-0.3, -0.25) is 4.98 Å². The summed E-state index contributed by atoms with van der Waals surface area (Å²) in [4.78, 5) is 39.2. The molecule has 0 saturated carbocycles. The number of fused-ring (bicyclic) bond motifs is 2. The van der Waals surface area contributed by atoms with Crippen LogP contribution in [0.15, 0.2) is 37.1 Å². The summed E-state index contributed by atoms with van der Waals surface area (Å²) in [6, 6.07) is 6.02. The average Bonchev–Trinajstić information content (AvgIpc) is 3.34. The molecule has 34 heavy (non-hydrogen) atoms. The number of hydrogen-bond acceptors (Lipinski definition) is 6. The summed E-state index contributed by atoms with van der Waals surface area (Å²) in [5.41, 5.74) is 5.53. The van der Waals surface area contributed by atoms with Crippen molar-refractivity contribution in [1.82, 2.24) is 34.7 Å². The molecule has 1 aromatic carbocycles. The minimum absolute atomic E-state index is 0.0414. The van der Waals surface area contributed by atoms with Gasteiger partial charge in [-0.2, -0.15) is 0 Å². The van der Waals surface area contributed by atoms with Crippen LogP contribution in [0.5, 0.6) is 0 Å². The first-order valence-electron chi connectivity index (χ1n) is 11.3. The van der Waals surface area contributed by atoms with Crippen LogP contribution in [0.1, 0.15) is 24.1 Å². The normalized spacial score (nSPS) is 15.2. The number of rotatable bonds is 4. The number of carbonyl (C=O) groups excluding carboxylic acids is 1. The highest BCUT2D eigenvalue weighted by molar-refractivity contribution is 6.36. The number of anilines is 1. The average molecular weight is 479 g/mol. The molecule has 10 heteroatoms. The van der Waals surface area contributed by atoms with Crippen molar-refractivity contribution in [2.24, 2.45) is 0 Å². The van der Waals surface area contributed by atoms with Crippen molar-refractivity contribution in [3.8, 4) is 0 Å². The molecule has 1 saturated heterocycles. The van der Waals surface area contributed by atoms with Crippen molar-refractivity contribution < 1.29 is 4.79 Å². The van der Waals surface area contributed by atoms with Crippen molar-refractivity contribution in [2.45, 2.75) is 19.3 Å². The highest BCUT2D eigenvalue weighted by Crippen LogP contribution is 2.40. The molecule has 9 nitrogen and oxygen atoms in total. The Hall–Kier alpha value is -3.46. The van der Waals surface area contributed by atoms with Gasteiger partial charge in [-0.25, -0.2) is 19.7 Å². The van der Waals surface area contributed by atoms with E-state index in [1.807, 2.05) is 17.0 Å². The third-order valence-corrected chi connectivity index (χ3v) is 6.74. The Balaban J connectivity index is 1.52. The number of pyridine rings is 1. The molecule has 1 fully saturated rings. The predicted octanol–water partition coefficient (Wildman–Crippen LogP) is 3.70. The Morgan fingerprint density at radius 2 is 1.97 bits per heavy atom. The fourth-order valence-electron chi connectivity index (χ4n) is 4.69. The van der Waals surface area contributed by atoms with Crippen molar-refractivity contribution in [3.05, 3.63) is 53.3 Å². The monoisotopic (exact) mass is 478 g/mol. The molecule has 0 spiro atoms. The number of imidazole rings is 1. The highest BCUT2D eigenvalue weighted by atomic mass is 35.5. The van der Waals surface area contributed by atoms with E-state index < -0.39 is 0 Å². The quantitative estimate of drug-likeness (QED) is 0.480. The van der Waals surface area contributed by atoms with Gasteiger partial charge in [-0.15, -0.1) is 0 Å². The molecule has 4 heterocycles. The van der Waals surface area contributed by atoms with Crippen LogP contribution in [0.4, 0.5) is 10.5 Å². The van der Waals surface area contributed by atoms with Gasteiger partial charge in [0.2, 0.25) is 0 Å². The maximum absolute atomic E-state index is 12.4. The van der Waals surface area contributed by atoms with Crippen LogP contribution in [-0.4, -0.2) is 81.0 Å². The number of urea groups is 1. The lowest BCUT2D eigenvalue weighted by molar-refractivity contribution is 0.168. The number of nitrogens with zero attached hydrogens (tertiary/aromatic N) is 7. The van der Waals surface area contributed by atoms with Crippen LogP contribution >= 0.6 is 11.6 Å². The zero-order valence-corrected chi connectivity index (χ0v) is 20.2. The van der Waals surface area contributed by atoms with E-state index in [0.717, 1.165) is 46.5 Å². The molecule has 0 radical (unpaired) electrons. The van der Waals surface area contributed by atoms with Crippen LogP contribution in [0.3, 0.4) is 0 Å². The molecule has 2 amide bonds. The fraction of sp³-hybridized carbons (Fsp3) is 0.375. The van der Waals surface area contributed by atoms with E-state index in [1.54, 1.807) is 37.8 Å². The summed E-state index contributed by atoms with van der Waals surface area (Å²) in [7, 11) is 3.57. The number of piperazine rings is 1. The van der Waals surface area contributed by atoms with Gasteiger partial charge in [0, 0.05) is 51.9 Å². The summed E-state index contributed by atoms with van der Waals surface area (Å²) >= 11 is 6.74. The molecule has 0 aliphatic carbocycles. The van der Waals surface area contributed by atoms with Crippen LogP contribution in [-0.2, 0) is 6.42 Å². The fourth-order valence-corrected chi connectivity index (χ4v) is 4.96. The molecule has 3 aromatic heterocycles. The van der Waals surface area contributed by atoms with Gasteiger partial charge in [-0.1, -0.05) is 18.5 Å². The molecular weight excluding hydrogens is 452 g/mol. The number of carbonyl (C=O) groups is 1. The molecular formula is C24H27ClN8O. The van der Waals surface area contributed by atoms with E-state index in [-0.39, 0.29) is 11.9 Å². The van der Waals surface area contributed by atoms with E-state index in [1.165, 1.54) is 0 Å². The topological polar surface area (TPSA) is 94.1 Å². The highest BCUT2D eigenvalue weighted by Gasteiger charge is 2.27. The molecule has 4 aromatic rings. The van der Waals surface area contributed by atoms with Gasteiger partial charge in [-0.05, 0) is 36.1 Å². The number of aromatic amines is 1. The molecule has 1 aliphatic heterocycles. The van der Waals surface area contributed by atoms with Crippen molar-refractivity contribution >= 4 is 45.4 Å².